The fraction of sp³-hybridized carbons (Fsp3) is 0.375. The first-order valence-electron chi connectivity index (χ1n) is 11.3. The number of esters is 1. The van der Waals surface area contributed by atoms with Crippen LogP contribution in [0.1, 0.15) is 37.4 Å². The number of amides is 1. The van der Waals surface area contributed by atoms with E-state index in [1.54, 1.807) is 48.2 Å². The van der Waals surface area contributed by atoms with E-state index in [1.165, 1.54) is 12.4 Å². The molecule has 1 amide bonds. The van der Waals surface area contributed by atoms with Crippen molar-refractivity contribution >= 4 is 28.9 Å². The first-order chi connectivity index (χ1) is 16.9. The monoisotopic (exact) mass is 479 g/mol. The van der Waals surface area contributed by atoms with Crippen LogP contribution in [0, 0.1) is 0 Å². The summed E-state index contributed by atoms with van der Waals surface area (Å²) >= 11 is 0. The van der Waals surface area contributed by atoms with Gasteiger partial charge in [-0.15, -0.1) is 0 Å². The molecule has 0 radical (unpaired) electrons. The second kappa shape index (κ2) is 9.17. The van der Waals surface area contributed by atoms with Gasteiger partial charge in [0.2, 0.25) is 0 Å². The predicted octanol–water partition coefficient (Wildman–Crippen LogP) is 2.62. The maximum Gasteiger partial charge on any atom is 0.330 e. The van der Waals surface area contributed by atoms with Gasteiger partial charge in [0, 0.05) is 11.6 Å². The van der Waals surface area contributed by atoms with Crippen molar-refractivity contribution in [3.05, 3.63) is 60.7 Å². The highest BCUT2D eigenvalue weighted by atomic mass is 16.8. The van der Waals surface area contributed by atoms with Gasteiger partial charge in [-0.05, 0) is 39.0 Å². The zero-order valence-corrected chi connectivity index (χ0v) is 19.5. The number of aromatic nitrogens is 4. The maximum absolute atomic E-state index is 12.6. The molecule has 1 aromatic carbocycles. The first-order valence-corrected chi connectivity index (χ1v) is 11.3. The smallest absolute Gasteiger partial charge is 0.330 e. The Morgan fingerprint density at radius 3 is 2.69 bits per heavy atom. The van der Waals surface area contributed by atoms with Gasteiger partial charge in [-0.2, -0.15) is 0 Å². The number of carbonyl (C=O) groups is 2. The highest BCUT2D eigenvalue weighted by Gasteiger charge is 2.55. The van der Waals surface area contributed by atoms with Crippen molar-refractivity contribution in [1.29, 1.82) is 0 Å². The second-order valence-electron chi connectivity index (χ2n) is 8.53. The molecule has 182 valence electrons. The van der Waals surface area contributed by atoms with Gasteiger partial charge in [0.25, 0.3) is 5.91 Å². The third-order valence-corrected chi connectivity index (χ3v) is 5.67. The van der Waals surface area contributed by atoms with Crippen molar-refractivity contribution in [2.75, 3.05) is 11.9 Å². The summed E-state index contributed by atoms with van der Waals surface area (Å²) in [5, 5.41) is 2.79. The molecule has 0 spiro atoms. The summed E-state index contributed by atoms with van der Waals surface area (Å²) in [4.78, 5) is 37.5. The SMILES string of the molecule is CCOC(=O)/C=C/[C@H]1O[C@@H](n2cnc3c(NC(=O)c4ccccc4)ncnc32)[C@@H]2OC(C)(C)O[C@@H]21. The Kier molecular flexibility index (Phi) is 6.05. The van der Waals surface area contributed by atoms with Crippen LogP contribution in [0.3, 0.4) is 0 Å². The normalized spacial score (nSPS) is 25.1. The second-order valence-corrected chi connectivity index (χ2v) is 8.53. The lowest BCUT2D eigenvalue weighted by molar-refractivity contribution is -0.191. The lowest BCUT2D eigenvalue weighted by Crippen LogP contribution is -2.28. The van der Waals surface area contributed by atoms with E-state index in [4.69, 9.17) is 18.9 Å². The van der Waals surface area contributed by atoms with Crippen LogP contribution < -0.4 is 5.32 Å². The molecule has 2 fully saturated rings. The van der Waals surface area contributed by atoms with Crippen LogP contribution in [0.4, 0.5) is 5.82 Å². The number of rotatable bonds is 6. The molecule has 2 aromatic heterocycles. The van der Waals surface area contributed by atoms with Crippen molar-refractivity contribution in [2.24, 2.45) is 0 Å². The summed E-state index contributed by atoms with van der Waals surface area (Å²) in [5.74, 6) is -1.34. The minimum atomic E-state index is -0.840. The molecular formula is C24H25N5O6. The minimum Gasteiger partial charge on any atom is -0.463 e. The van der Waals surface area contributed by atoms with Gasteiger partial charge < -0.3 is 24.3 Å². The van der Waals surface area contributed by atoms with Crippen LogP contribution in [0.25, 0.3) is 11.2 Å². The molecule has 5 rings (SSSR count). The number of anilines is 1. The Balaban J connectivity index is 1.44. The van der Waals surface area contributed by atoms with Gasteiger partial charge in [0.1, 0.15) is 24.6 Å². The first kappa shape index (κ1) is 23.1. The molecule has 2 saturated heterocycles. The molecule has 0 bridgehead atoms. The van der Waals surface area contributed by atoms with E-state index in [0.717, 1.165) is 0 Å². The lowest BCUT2D eigenvalue weighted by atomic mass is 10.1. The number of fused-ring (bicyclic) bond motifs is 2. The van der Waals surface area contributed by atoms with E-state index in [2.05, 4.69) is 20.3 Å². The summed E-state index contributed by atoms with van der Waals surface area (Å²) in [6.45, 7) is 5.66. The largest absolute Gasteiger partial charge is 0.463 e. The van der Waals surface area contributed by atoms with Crippen LogP contribution in [-0.2, 0) is 23.7 Å². The highest BCUT2D eigenvalue weighted by Crippen LogP contribution is 2.44. The van der Waals surface area contributed by atoms with Crippen molar-refractivity contribution < 1.29 is 28.5 Å². The number of nitrogens with zero attached hydrogens (tertiary/aromatic N) is 4. The van der Waals surface area contributed by atoms with Crippen LogP contribution in [0.5, 0.6) is 0 Å². The molecule has 0 unspecified atom stereocenters. The molecule has 2 aliphatic rings. The van der Waals surface area contributed by atoms with Gasteiger partial charge in [-0.25, -0.2) is 19.7 Å². The highest BCUT2D eigenvalue weighted by molar-refractivity contribution is 6.06. The van der Waals surface area contributed by atoms with Gasteiger partial charge in [-0.1, -0.05) is 18.2 Å². The number of hydrogen-bond acceptors (Lipinski definition) is 9. The van der Waals surface area contributed by atoms with Crippen molar-refractivity contribution in [3.63, 3.8) is 0 Å². The quantitative estimate of drug-likeness (QED) is 0.419. The third kappa shape index (κ3) is 4.53. The fourth-order valence-corrected chi connectivity index (χ4v) is 4.25. The third-order valence-electron chi connectivity index (χ3n) is 5.67. The molecule has 2 aliphatic heterocycles. The molecular weight excluding hydrogens is 454 g/mol. The van der Waals surface area contributed by atoms with Crippen LogP contribution in [0.2, 0.25) is 0 Å². The number of carbonyl (C=O) groups excluding carboxylic acids is 2. The molecule has 3 aromatic rings. The van der Waals surface area contributed by atoms with Crippen molar-refractivity contribution in [3.8, 4) is 0 Å². The zero-order chi connectivity index (χ0) is 24.6. The van der Waals surface area contributed by atoms with Crippen LogP contribution in [0.15, 0.2) is 55.1 Å². The Morgan fingerprint density at radius 2 is 1.91 bits per heavy atom. The number of imidazole rings is 1. The molecule has 0 aliphatic carbocycles. The molecule has 4 atom stereocenters. The van der Waals surface area contributed by atoms with Crippen molar-refractivity contribution in [2.45, 2.75) is 51.1 Å². The van der Waals surface area contributed by atoms with E-state index in [1.807, 2.05) is 19.9 Å². The molecule has 1 N–H and O–H groups in total. The Bertz CT molecular complexity index is 1270. The molecule has 11 nitrogen and oxygen atoms in total. The average Bonchev–Trinajstić information content (AvgIpc) is 3.50. The summed E-state index contributed by atoms with van der Waals surface area (Å²) < 4.78 is 25.1. The fourth-order valence-electron chi connectivity index (χ4n) is 4.25. The number of ether oxygens (including phenoxy) is 4. The summed E-state index contributed by atoms with van der Waals surface area (Å²) in [5.41, 5.74) is 1.35. The Morgan fingerprint density at radius 1 is 1.14 bits per heavy atom. The van der Waals surface area contributed by atoms with Gasteiger partial charge in [0.05, 0.1) is 12.9 Å². The zero-order valence-electron chi connectivity index (χ0n) is 19.5. The molecule has 0 saturated carbocycles. The number of hydrogen-bond donors (Lipinski definition) is 1. The van der Waals surface area contributed by atoms with Crippen LogP contribution >= 0.6 is 0 Å². The Hall–Kier alpha value is -3.67. The molecule has 11 heteroatoms. The lowest BCUT2D eigenvalue weighted by Gasteiger charge is -2.24. The van der Waals surface area contributed by atoms with E-state index in [0.29, 0.717) is 16.7 Å². The summed E-state index contributed by atoms with van der Waals surface area (Å²) in [7, 11) is 0. The van der Waals surface area contributed by atoms with Gasteiger partial charge in [0.15, 0.2) is 29.0 Å². The van der Waals surface area contributed by atoms with Gasteiger partial charge in [-0.3, -0.25) is 9.36 Å². The summed E-state index contributed by atoms with van der Waals surface area (Å²) in [6.07, 6.45) is 3.69. The van der Waals surface area contributed by atoms with E-state index in [9.17, 15) is 9.59 Å². The van der Waals surface area contributed by atoms with Crippen molar-refractivity contribution in [1.82, 2.24) is 19.5 Å². The van der Waals surface area contributed by atoms with E-state index < -0.39 is 36.3 Å². The Labute approximate surface area is 201 Å². The summed E-state index contributed by atoms with van der Waals surface area (Å²) in [6, 6.07) is 8.82. The number of nitrogens with one attached hydrogen (secondary N) is 1. The predicted molar refractivity (Wildman–Crippen MR) is 123 cm³/mol. The van der Waals surface area contributed by atoms with E-state index in [-0.39, 0.29) is 18.3 Å². The minimum absolute atomic E-state index is 0.278. The topological polar surface area (TPSA) is 127 Å². The molecule has 4 heterocycles. The standard InChI is InChI=1S/C24H25N5O6/c1-4-32-16(30)11-10-15-18-19(35-24(2,3)34-18)23(33-15)29-13-27-17-20(25-12-26-21(17)29)28-22(31)14-8-6-5-7-9-14/h5-13,15,18-19,23H,4H2,1-3H3,(H,25,26,28,31)/b11-10+/t15-,18-,19-,23-/m1/s1. The number of benzene rings is 1. The van der Waals surface area contributed by atoms with E-state index >= 15 is 0 Å². The molecule has 35 heavy (non-hydrogen) atoms. The maximum atomic E-state index is 12.6. The van der Waals surface area contributed by atoms with Crippen LogP contribution in [-0.4, -0.2) is 62.1 Å². The average molecular weight is 479 g/mol. The van der Waals surface area contributed by atoms with Gasteiger partial charge >= 0.3 is 5.97 Å².